The number of likely N-dealkylation sites (N-methyl/N-ethyl adjacent to an activating group) is 1. The second-order valence-electron chi connectivity index (χ2n) is 6.46. The highest BCUT2D eigenvalue weighted by Crippen LogP contribution is 2.30. The highest BCUT2D eigenvalue weighted by atomic mass is 16.5. The Kier molecular flexibility index (Phi) is 6.25. The smallest absolute Gasteiger partial charge is 0.321 e. The molecule has 0 heterocycles. The maximum absolute atomic E-state index is 12.2. The number of nitrogens with one attached hydrogen (secondary N) is 2. The van der Waals surface area contributed by atoms with E-state index in [-0.39, 0.29) is 11.9 Å². The van der Waals surface area contributed by atoms with Gasteiger partial charge in [0.1, 0.15) is 0 Å². The monoisotopic (exact) mass is 349 g/mol. The van der Waals surface area contributed by atoms with Crippen molar-refractivity contribution in [2.24, 2.45) is 0 Å². The number of rotatable bonds is 7. The van der Waals surface area contributed by atoms with Crippen LogP contribution in [0.15, 0.2) is 12.1 Å². The predicted molar refractivity (Wildman–Crippen MR) is 94.9 cm³/mol. The molecule has 3 amide bonds. The summed E-state index contributed by atoms with van der Waals surface area (Å²) < 4.78 is 10.6. The van der Waals surface area contributed by atoms with Gasteiger partial charge in [0.15, 0.2) is 11.5 Å². The van der Waals surface area contributed by atoms with E-state index in [1.165, 1.54) is 0 Å². The molecule has 25 heavy (non-hydrogen) atoms. The van der Waals surface area contributed by atoms with Crippen LogP contribution in [0, 0.1) is 6.92 Å². The van der Waals surface area contributed by atoms with Crippen molar-refractivity contribution in [3.8, 4) is 11.5 Å². The van der Waals surface area contributed by atoms with E-state index >= 15 is 0 Å². The first-order valence-electron chi connectivity index (χ1n) is 8.38. The zero-order chi connectivity index (χ0) is 18.6. The van der Waals surface area contributed by atoms with E-state index in [1.54, 1.807) is 21.1 Å². The standard InChI is InChI=1S/C18H27N3O4/c1-11-8-15(24-4)16(25-5)9-13(11)10-21(3)12(2)17(22)20-18(23)19-14-6-7-14/h8-9,12,14H,6-7,10H2,1-5H3,(H2,19,20,22,23). The van der Waals surface area contributed by atoms with Crippen molar-refractivity contribution in [2.75, 3.05) is 21.3 Å². The molecule has 1 aromatic rings. The van der Waals surface area contributed by atoms with Gasteiger partial charge in [0.05, 0.1) is 20.3 Å². The van der Waals surface area contributed by atoms with E-state index in [0.717, 1.165) is 24.0 Å². The van der Waals surface area contributed by atoms with Gasteiger partial charge in [0.2, 0.25) is 5.91 Å². The summed E-state index contributed by atoms with van der Waals surface area (Å²) in [4.78, 5) is 25.8. The van der Waals surface area contributed by atoms with Gasteiger partial charge in [-0.25, -0.2) is 4.79 Å². The van der Waals surface area contributed by atoms with Crippen molar-refractivity contribution in [1.29, 1.82) is 0 Å². The Hall–Kier alpha value is -2.28. The molecule has 0 aliphatic heterocycles. The first-order valence-corrected chi connectivity index (χ1v) is 8.38. The number of aryl methyl sites for hydroxylation is 1. The topological polar surface area (TPSA) is 79.9 Å². The Balaban J connectivity index is 1.98. The Morgan fingerprint density at radius 2 is 1.84 bits per heavy atom. The normalized spacial score (nSPS) is 14.8. The van der Waals surface area contributed by atoms with Gasteiger partial charge in [-0.1, -0.05) is 0 Å². The van der Waals surface area contributed by atoms with Gasteiger partial charge in [-0.3, -0.25) is 15.0 Å². The molecule has 0 radical (unpaired) electrons. The number of nitrogens with zero attached hydrogens (tertiary/aromatic N) is 1. The lowest BCUT2D eigenvalue weighted by Gasteiger charge is -2.25. The summed E-state index contributed by atoms with van der Waals surface area (Å²) in [5, 5.41) is 5.14. The third-order valence-electron chi connectivity index (χ3n) is 4.45. The van der Waals surface area contributed by atoms with Gasteiger partial charge in [-0.05, 0) is 57.0 Å². The van der Waals surface area contributed by atoms with Gasteiger partial charge < -0.3 is 14.8 Å². The number of methoxy groups -OCH3 is 2. The zero-order valence-electron chi connectivity index (χ0n) is 15.5. The van der Waals surface area contributed by atoms with Crippen LogP contribution in [0.25, 0.3) is 0 Å². The Bertz CT molecular complexity index is 643. The van der Waals surface area contributed by atoms with Crippen molar-refractivity contribution in [3.63, 3.8) is 0 Å². The number of carbonyl (C=O) groups is 2. The SMILES string of the molecule is COc1cc(C)c(CN(C)C(C)C(=O)NC(=O)NC2CC2)cc1OC. The maximum atomic E-state index is 12.2. The first-order chi connectivity index (χ1) is 11.8. The van der Waals surface area contributed by atoms with Crippen LogP contribution in [0.3, 0.4) is 0 Å². The van der Waals surface area contributed by atoms with Crippen molar-refractivity contribution in [2.45, 2.75) is 45.3 Å². The molecule has 1 aromatic carbocycles. The van der Waals surface area contributed by atoms with Crippen LogP contribution >= 0.6 is 0 Å². The summed E-state index contributed by atoms with van der Waals surface area (Å²) in [6, 6.07) is 3.17. The van der Waals surface area contributed by atoms with Gasteiger partial charge in [0.25, 0.3) is 0 Å². The molecule has 0 spiro atoms. The second-order valence-corrected chi connectivity index (χ2v) is 6.46. The molecule has 1 aliphatic rings. The molecule has 1 atom stereocenters. The van der Waals surface area contributed by atoms with Crippen LogP contribution in [0.5, 0.6) is 11.5 Å². The summed E-state index contributed by atoms with van der Waals surface area (Å²) in [6.45, 7) is 4.31. The fourth-order valence-corrected chi connectivity index (χ4v) is 2.46. The lowest BCUT2D eigenvalue weighted by molar-refractivity contribution is -0.124. The molecule has 0 bridgehead atoms. The van der Waals surface area contributed by atoms with E-state index in [9.17, 15) is 9.59 Å². The van der Waals surface area contributed by atoms with Crippen LogP contribution in [0.2, 0.25) is 0 Å². The number of ether oxygens (including phenoxy) is 2. The van der Waals surface area contributed by atoms with Gasteiger partial charge in [0, 0.05) is 12.6 Å². The van der Waals surface area contributed by atoms with Gasteiger partial charge in [-0.15, -0.1) is 0 Å². The summed E-state index contributed by atoms with van der Waals surface area (Å²) in [7, 11) is 5.04. The minimum atomic E-state index is -0.447. The molecular weight excluding hydrogens is 322 g/mol. The summed E-state index contributed by atoms with van der Waals surface area (Å²) in [6.07, 6.45) is 1.96. The molecule has 1 aliphatic carbocycles. The minimum absolute atomic E-state index is 0.218. The van der Waals surface area contributed by atoms with Gasteiger partial charge >= 0.3 is 6.03 Å². The summed E-state index contributed by atoms with van der Waals surface area (Å²) in [5.74, 6) is 1.00. The van der Waals surface area contributed by atoms with E-state index in [4.69, 9.17) is 9.47 Å². The Labute approximate surface area is 148 Å². The van der Waals surface area contributed by atoms with E-state index < -0.39 is 12.1 Å². The molecule has 138 valence electrons. The molecule has 7 heteroatoms. The second kappa shape index (κ2) is 8.20. The Morgan fingerprint density at radius 3 is 2.40 bits per heavy atom. The van der Waals surface area contributed by atoms with Crippen LogP contribution in [-0.4, -0.2) is 50.2 Å². The van der Waals surface area contributed by atoms with Crippen LogP contribution < -0.4 is 20.1 Å². The van der Waals surface area contributed by atoms with E-state index in [1.807, 2.05) is 31.0 Å². The first kappa shape index (κ1) is 19.1. The third kappa shape index (κ3) is 5.09. The lowest BCUT2D eigenvalue weighted by atomic mass is 10.1. The minimum Gasteiger partial charge on any atom is -0.493 e. The number of urea groups is 1. The number of hydrogen-bond acceptors (Lipinski definition) is 5. The van der Waals surface area contributed by atoms with Crippen molar-refractivity contribution >= 4 is 11.9 Å². The number of carbonyl (C=O) groups excluding carboxylic acids is 2. The van der Waals surface area contributed by atoms with Crippen LogP contribution in [0.4, 0.5) is 4.79 Å². The average Bonchev–Trinajstić information content (AvgIpc) is 3.38. The van der Waals surface area contributed by atoms with Crippen LogP contribution in [-0.2, 0) is 11.3 Å². The third-order valence-corrected chi connectivity index (χ3v) is 4.45. The zero-order valence-corrected chi connectivity index (χ0v) is 15.5. The summed E-state index contributed by atoms with van der Waals surface area (Å²) >= 11 is 0. The lowest BCUT2D eigenvalue weighted by Crippen LogP contribution is -2.48. The molecule has 1 fully saturated rings. The fraction of sp³-hybridized carbons (Fsp3) is 0.556. The number of amides is 3. The van der Waals surface area contributed by atoms with Gasteiger partial charge in [-0.2, -0.15) is 0 Å². The molecule has 1 unspecified atom stereocenters. The molecule has 2 rings (SSSR count). The van der Waals surface area contributed by atoms with Crippen molar-refractivity contribution in [3.05, 3.63) is 23.3 Å². The molecule has 1 saturated carbocycles. The molecule has 7 nitrogen and oxygen atoms in total. The van der Waals surface area contributed by atoms with Crippen molar-refractivity contribution < 1.29 is 19.1 Å². The number of imide groups is 1. The fourth-order valence-electron chi connectivity index (χ4n) is 2.46. The highest BCUT2D eigenvalue weighted by Gasteiger charge is 2.26. The van der Waals surface area contributed by atoms with Crippen molar-refractivity contribution in [1.82, 2.24) is 15.5 Å². The molecular formula is C18H27N3O4. The average molecular weight is 349 g/mol. The molecule has 0 saturated heterocycles. The number of hydrogen-bond donors (Lipinski definition) is 2. The summed E-state index contributed by atoms with van der Waals surface area (Å²) in [5.41, 5.74) is 2.07. The quantitative estimate of drug-likeness (QED) is 0.785. The molecule has 2 N–H and O–H groups in total. The largest absolute Gasteiger partial charge is 0.493 e. The van der Waals surface area contributed by atoms with E-state index in [0.29, 0.717) is 18.0 Å². The Morgan fingerprint density at radius 1 is 1.24 bits per heavy atom. The predicted octanol–water partition coefficient (Wildman–Crippen LogP) is 1.82. The van der Waals surface area contributed by atoms with E-state index in [2.05, 4.69) is 10.6 Å². The van der Waals surface area contributed by atoms with Crippen LogP contribution in [0.1, 0.15) is 30.9 Å². The highest BCUT2D eigenvalue weighted by molar-refractivity contribution is 5.96. The number of benzene rings is 1. The molecule has 0 aromatic heterocycles. The maximum Gasteiger partial charge on any atom is 0.321 e.